The minimum atomic E-state index is 0.0138. The molecule has 7 nitrogen and oxygen atoms in total. The Kier molecular flexibility index (Phi) is 7.71. The number of carbonyl (C=O) groups is 2. The third kappa shape index (κ3) is 6.47. The van der Waals surface area contributed by atoms with Crippen molar-refractivity contribution in [1.29, 1.82) is 0 Å². The number of hydrogen-bond acceptors (Lipinski definition) is 3. The Morgan fingerprint density at radius 1 is 1.10 bits per heavy atom. The minimum Gasteiger partial charge on any atom is -0.356 e. The molecule has 2 aliphatic rings. The molecule has 0 saturated heterocycles. The zero-order chi connectivity index (χ0) is 21.5. The maximum absolute atomic E-state index is 12.4. The lowest BCUT2D eigenvalue weighted by atomic mass is 9.85. The van der Waals surface area contributed by atoms with Gasteiger partial charge in [0.2, 0.25) is 5.91 Å². The first kappa shape index (κ1) is 22.1. The van der Waals surface area contributed by atoms with Gasteiger partial charge in [-0.3, -0.25) is 14.6 Å². The number of guanidine groups is 1. The van der Waals surface area contributed by atoms with Gasteiger partial charge in [0.15, 0.2) is 5.96 Å². The van der Waals surface area contributed by atoms with Crippen molar-refractivity contribution in [2.45, 2.75) is 57.0 Å². The highest BCUT2D eigenvalue weighted by atomic mass is 16.2. The van der Waals surface area contributed by atoms with Crippen LogP contribution in [-0.2, 0) is 11.2 Å². The number of benzene rings is 1. The fourth-order valence-electron chi connectivity index (χ4n) is 3.94. The van der Waals surface area contributed by atoms with Crippen LogP contribution in [0.1, 0.15) is 54.4 Å². The smallest absolute Gasteiger partial charge is 0.253 e. The Morgan fingerprint density at radius 3 is 2.60 bits per heavy atom. The molecule has 2 fully saturated rings. The van der Waals surface area contributed by atoms with Crippen LogP contribution in [0.25, 0.3) is 0 Å². The number of hydrogen-bond donors (Lipinski definition) is 3. The molecule has 2 unspecified atom stereocenters. The van der Waals surface area contributed by atoms with Crippen LogP contribution in [0.15, 0.2) is 29.3 Å². The third-order valence-corrected chi connectivity index (χ3v) is 5.82. The van der Waals surface area contributed by atoms with E-state index in [0.717, 1.165) is 63.0 Å². The van der Waals surface area contributed by atoms with Gasteiger partial charge in [-0.05, 0) is 56.2 Å². The lowest BCUT2D eigenvalue weighted by molar-refractivity contribution is -0.126. The summed E-state index contributed by atoms with van der Waals surface area (Å²) in [4.78, 5) is 30.5. The van der Waals surface area contributed by atoms with E-state index < -0.39 is 0 Å². The summed E-state index contributed by atoms with van der Waals surface area (Å²) in [5.41, 5.74) is 1.82. The van der Waals surface area contributed by atoms with E-state index in [0.29, 0.717) is 11.6 Å². The maximum atomic E-state index is 12.4. The lowest BCUT2D eigenvalue weighted by Crippen LogP contribution is -2.47. The van der Waals surface area contributed by atoms with Gasteiger partial charge >= 0.3 is 0 Å². The first-order chi connectivity index (χ1) is 14.5. The molecule has 1 aromatic carbocycles. The molecular weight excluding hydrogens is 378 g/mol. The van der Waals surface area contributed by atoms with Crippen molar-refractivity contribution in [3.8, 4) is 0 Å². The van der Waals surface area contributed by atoms with Gasteiger partial charge in [0.05, 0.1) is 0 Å². The standard InChI is InChI=1S/C23H35N5O2/c1-24-23(25-13-12-16-6-4-8-18(14-16)22(30)28(2)3)27-20-9-5-7-17(15-20)21(29)26-19-10-11-19/h4,6,8,14,17,19-20H,5,7,9-13,15H2,1-3H3,(H,26,29)(H2,24,25,27). The van der Waals surface area contributed by atoms with Crippen LogP contribution >= 0.6 is 0 Å². The van der Waals surface area contributed by atoms with Gasteiger partial charge in [-0.15, -0.1) is 0 Å². The zero-order valence-corrected chi connectivity index (χ0v) is 18.4. The summed E-state index contributed by atoms with van der Waals surface area (Å²) >= 11 is 0. The molecule has 3 N–H and O–H groups in total. The number of rotatable bonds is 7. The first-order valence-corrected chi connectivity index (χ1v) is 11.0. The zero-order valence-electron chi connectivity index (χ0n) is 18.4. The van der Waals surface area contributed by atoms with Crippen LogP contribution in [-0.4, -0.2) is 62.4 Å². The minimum absolute atomic E-state index is 0.0138. The maximum Gasteiger partial charge on any atom is 0.253 e. The molecule has 2 amide bonds. The van der Waals surface area contributed by atoms with E-state index in [1.807, 2.05) is 24.3 Å². The summed E-state index contributed by atoms with van der Waals surface area (Å²) in [5, 5.41) is 10.00. The second-order valence-electron chi connectivity index (χ2n) is 8.64. The van der Waals surface area contributed by atoms with Crippen molar-refractivity contribution in [3.05, 3.63) is 35.4 Å². The Morgan fingerprint density at radius 2 is 1.90 bits per heavy atom. The van der Waals surface area contributed by atoms with E-state index in [2.05, 4.69) is 20.9 Å². The van der Waals surface area contributed by atoms with Gasteiger partial charge in [0.25, 0.3) is 5.91 Å². The molecule has 0 heterocycles. The van der Waals surface area contributed by atoms with E-state index in [1.165, 1.54) is 0 Å². The largest absolute Gasteiger partial charge is 0.356 e. The summed E-state index contributed by atoms with van der Waals surface area (Å²) < 4.78 is 0. The molecule has 1 aromatic rings. The monoisotopic (exact) mass is 413 g/mol. The van der Waals surface area contributed by atoms with Gasteiger partial charge in [0, 0.05) is 51.3 Å². The summed E-state index contributed by atoms with van der Waals surface area (Å²) in [6.07, 6.45) is 7.00. The van der Waals surface area contributed by atoms with E-state index >= 15 is 0 Å². The third-order valence-electron chi connectivity index (χ3n) is 5.82. The van der Waals surface area contributed by atoms with Crippen LogP contribution in [0.3, 0.4) is 0 Å². The number of aliphatic imine (C=N–C) groups is 1. The second kappa shape index (κ2) is 10.5. The van der Waals surface area contributed by atoms with Crippen LogP contribution < -0.4 is 16.0 Å². The molecule has 30 heavy (non-hydrogen) atoms. The Bertz CT molecular complexity index is 773. The van der Waals surface area contributed by atoms with E-state index in [-0.39, 0.29) is 23.8 Å². The first-order valence-electron chi connectivity index (χ1n) is 11.0. The Hall–Kier alpha value is -2.57. The highest BCUT2D eigenvalue weighted by Crippen LogP contribution is 2.26. The fourth-order valence-corrected chi connectivity index (χ4v) is 3.94. The summed E-state index contributed by atoms with van der Waals surface area (Å²) in [6.45, 7) is 0.720. The van der Waals surface area contributed by atoms with E-state index in [9.17, 15) is 9.59 Å². The lowest BCUT2D eigenvalue weighted by Gasteiger charge is -2.30. The van der Waals surface area contributed by atoms with Crippen molar-refractivity contribution in [2.75, 3.05) is 27.7 Å². The van der Waals surface area contributed by atoms with Gasteiger partial charge in [0.1, 0.15) is 0 Å². The normalized spacial score (nSPS) is 21.6. The highest BCUT2D eigenvalue weighted by molar-refractivity contribution is 5.94. The molecule has 7 heteroatoms. The summed E-state index contributed by atoms with van der Waals surface area (Å²) in [6, 6.07) is 8.44. The Balaban J connectivity index is 1.45. The molecule has 2 atom stereocenters. The van der Waals surface area contributed by atoms with Crippen molar-refractivity contribution >= 4 is 17.8 Å². The number of nitrogens with zero attached hydrogens (tertiary/aromatic N) is 2. The fraction of sp³-hybridized carbons (Fsp3) is 0.609. The topological polar surface area (TPSA) is 85.8 Å². The SMILES string of the molecule is CN=C(NCCc1cccc(C(=O)N(C)C)c1)NC1CCCC(C(=O)NC2CC2)C1. The summed E-state index contributed by atoms with van der Waals surface area (Å²) in [7, 11) is 5.29. The number of amides is 2. The molecule has 0 spiro atoms. The second-order valence-corrected chi connectivity index (χ2v) is 8.64. The highest BCUT2D eigenvalue weighted by Gasteiger charge is 2.31. The predicted molar refractivity (Wildman–Crippen MR) is 120 cm³/mol. The van der Waals surface area contributed by atoms with Crippen molar-refractivity contribution in [2.24, 2.45) is 10.9 Å². The van der Waals surface area contributed by atoms with Gasteiger partial charge in [-0.2, -0.15) is 0 Å². The van der Waals surface area contributed by atoms with Crippen molar-refractivity contribution < 1.29 is 9.59 Å². The number of nitrogens with one attached hydrogen (secondary N) is 3. The molecular formula is C23H35N5O2. The average molecular weight is 414 g/mol. The molecule has 3 rings (SSSR count). The molecule has 0 aromatic heterocycles. The molecule has 164 valence electrons. The van der Waals surface area contributed by atoms with Crippen molar-refractivity contribution in [3.63, 3.8) is 0 Å². The van der Waals surface area contributed by atoms with Crippen LogP contribution in [0.5, 0.6) is 0 Å². The molecule has 2 aliphatic carbocycles. The van der Waals surface area contributed by atoms with Gasteiger partial charge in [-0.25, -0.2) is 0 Å². The van der Waals surface area contributed by atoms with E-state index in [4.69, 9.17) is 0 Å². The quantitative estimate of drug-likeness (QED) is 0.471. The molecule has 0 bridgehead atoms. The number of carbonyl (C=O) groups excluding carboxylic acids is 2. The molecule has 0 radical (unpaired) electrons. The molecule has 0 aliphatic heterocycles. The summed E-state index contributed by atoms with van der Waals surface area (Å²) in [5.74, 6) is 1.11. The van der Waals surface area contributed by atoms with E-state index in [1.54, 1.807) is 26.0 Å². The molecule has 2 saturated carbocycles. The van der Waals surface area contributed by atoms with Gasteiger partial charge in [-0.1, -0.05) is 18.6 Å². The average Bonchev–Trinajstić information content (AvgIpc) is 3.56. The predicted octanol–water partition coefficient (Wildman–Crippen LogP) is 1.93. The van der Waals surface area contributed by atoms with Crippen LogP contribution in [0, 0.1) is 5.92 Å². The Labute approximate surface area is 179 Å². The van der Waals surface area contributed by atoms with Crippen molar-refractivity contribution in [1.82, 2.24) is 20.9 Å². The van der Waals surface area contributed by atoms with Crippen LogP contribution in [0.4, 0.5) is 0 Å². The van der Waals surface area contributed by atoms with Crippen LogP contribution in [0.2, 0.25) is 0 Å². The van der Waals surface area contributed by atoms with Gasteiger partial charge < -0.3 is 20.9 Å².